The molecule has 1 amide bonds. The fourth-order valence-electron chi connectivity index (χ4n) is 3.19. The molecule has 0 N–H and O–H groups in total. The van der Waals surface area contributed by atoms with Crippen molar-refractivity contribution in [1.29, 1.82) is 0 Å². The van der Waals surface area contributed by atoms with Crippen LogP contribution in [0.25, 0.3) is 11.4 Å². The van der Waals surface area contributed by atoms with Gasteiger partial charge in [0.1, 0.15) is 11.6 Å². The number of nitrogens with zero attached hydrogens (tertiary/aromatic N) is 4. The molecule has 0 spiro atoms. The Hall–Kier alpha value is -2.87. The second-order valence-electron chi connectivity index (χ2n) is 7.27. The maximum atomic E-state index is 14.3. The van der Waals surface area contributed by atoms with Gasteiger partial charge in [0.05, 0.1) is 18.4 Å². The molecular formula is C22H23FN4O2S. The van der Waals surface area contributed by atoms with Gasteiger partial charge in [-0.1, -0.05) is 36.0 Å². The number of hydrogen-bond donors (Lipinski definition) is 0. The van der Waals surface area contributed by atoms with Crippen molar-refractivity contribution in [2.75, 3.05) is 19.9 Å². The summed E-state index contributed by atoms with van der Waals surface area (Å²) < 4.78 is 21.4. The normalized spacial score (nSPS) is 13.3. The lowest BCUT2D eigenvalue weighted by Crippen LogP contribution is -2.27. The number of benzene rings is 2. The zero-order chi connectivity index (χ0) is 21.1. The van der Waals surface area contributed by atoms with Crippen molar-refractivity contribution in [2.24, 2.45) is 0 Å². The van der Waals surface area contributed by atoms with Crippen molar-refractivity contribution in [3.63, 3.8) is 0 Å². The van der Waals surface area contributed by atoms with Crippen molar-refractivity contribution < 1.29 is 13.9 Å². The molecule has 30 heavy (non-hydrogen) atoms. The van der Waals surface area contributed by atoms with Crippen molar-refractivity contribution >= 4 is 17.7 Å². The summed E-state index contributed by atoms with van der Waals surface area (Å²) in [7, 11) is 3.41. The highest BCUT2D eigenvalue weighted by Gasteiger charge is 2.31. The van der Waals surface area contributed by atoms with Gasteiger partial charge in [0.25, 0.3) is 0 Å². The predicted octanol–water partition coefficient (Wildman–Crippen LogP) is 4.18. The van der Waals surface area contributed by atoms with Gasteiger partial charge in [-0.2, -0.15) is 0 Å². The zero-order valence-corrected chi connectivity index (χ0v) is 17.7. The Labute approximate surface area is 179 Å². The molecule has 0 atom stereocenters. The monoisotopic (exact) mass is 426 g/mol. The smallest absolute Gasteiger partial charge is 0.233 e. The molecule has 0 radical (unpaired) electrons. The molecule has 6 nitrogen and oxygen atoms in total. The van der Waals surface area contributed by atoms with Crippen LogP contribution in [-0.2, 0) is 11.3 Å². The van der Waals surface area contributed by atoms with Crippen LogP contribution in [0.5, 0.6) is 5.75 Å². The number of halogens is 1. The van der Waals surface area contributed by atoms with E-state index in [2.05, 4.69) is 10.2 Å². The molecule has 0 unspecified atom stereocenters. The van der Waals surface area contributed by atoms with Crippen LogP contribution < -0.4 is 4.74 Å². The molecule has 2 aromatic carbocycles. The van der Waals surface area contributed by atoms with E-state index >= 15 is 0 Å². The number of carbonyl (C=O) groups is 1. The van der Waals surface area contributed by atoms with E-state index in [0.29, 0.717) is 23.1 Å². The molecule has 0 bridgehead atoms. The van der Waals surface area contributed by atoms with Gasteiger partial charge in [-0.05, 0) is 42.7 Å². The average molecular weight is 427 g/mol. The second-order valence-corrected chi connectivity index (χ2v) is 8.22. The molecule has 3 aromatic rings. The summed E-state index contributed by atoms with van der Waals surface area (Å²) in [6, 6.07) is 14.5. The third-order valence-electron chi connectivity index (χ3n) is 5.02. The fraction of sp³-hybridized carbons (Fsp3) is 0.318. The first kappa shape index (κ1) is 20.4. The molecule has 4 rings (SSSR count). The summed E-state index contributed by atoms with van der Waals surface area (Å²) in [4.78, 5) is 14.3. The number of hydrogen-bond acceptors (Lipinski definition) is 5. The Kier molecular flexibility index (Phi) is 6.03. The third-order valence-corrected chi connectivity index (χ3v) is 5.95. The molecule has 1 aliphatic rings. The highest BCUT2D eigenvalue weighted by atomic mass is 32.2. The summed E-state index contributed by atoms with van der Waals surface area (Å²) in [5, 5.41) is 9.14. The van der Waals surface area contributed by atoms with Crippen molar-refractivity contribution in [3.05, 3.63) is 59.9 Å². The number of ether oxygens (including phenoxy) is 1. The van der Waals surface area contributed by atoms with Crippen LogP contribution in [0.4, 0.5) is 4.39 Å². The van der Waals surface area contributed by atoms with Crippen LogP contribution in [0.2, 0.25) is 0 Å². The van der Waals surface area contributed by atoms with Crippen molar-refractivity contribution in [2.45, 2.75) is 30.6 Å². The summed E-state index contributed by atoms with van der Waals surface area (Å²) >= 11 is 1.35. The van der Waals surface area contributed by atoms with E-state index in [-0.39, 0.29) is 23.5 Å². The van der Waals surface area contributed by atoms with Crippen LogP contribution in [0.1, 0.15) is 24.4 Å². The maximum absolute atomic E-state index is 14.3. The van der Waals surface area contributed by atoms with E-state index in [9.17, 15) is 9.18 Å². The standard InChI is InChI=1S/C22H23FN4O2S/c1-26(13-15-7-11-17(29-2)12-8-15)20(28)14-30-22-25-24-21(27(22)16-9-10-16)18-5-3-4-6-19(18)23/h3-8,11-12,16H,9-10,13-14H2,1-2H3. The molecule has 0 saturated heterocycles. The molecule has 1 heterocycles. The van der Waals surface area contributed by atoms with E-state index in [0.717, 1.165) is 24.2 Å². The first-order valence-corrected chi connectivity index (χ1v) is 10.7. The van der Waals surface area contributed by atoms with Gasteiger partial charge in [-0.25, -0.2) is 4.39 Å². The number of carbonyl (C=O) groups excluding carboxylic acids is 1. The first-order valence-electron chi connectivity index (χ1n) is 9.76. The van der Waals surface area contributed by atoms with E-state index in [1.54, 1.807) is 37.3 Å². The predicted molar refractivity (Wildman–Crippen MR) is 114 cm³/mol. The number of rotatable bonds is 8. The fourth-order valence-corrected chi connectivity index (χ4v) is 4.14. The lowest BCUT2D eigenvalue weighted by molar-refractivity contribution is -0.127. The molecular weight excluding hydrogens is 403 g/mol. The minimum absolute atomic E-state index is 0.00592. The van der Waals surface area contributed by atoms with Gasteiger partial charge in [0.2, 0.25) is 5.91 Å². The second kappa shape index (κ2) is 8.87. The minimum atomic E-state index is -0.321. The van der Waals surface area contributed by atoms with E-state index in [1.165, 1.54) is 17.8 Å². The Bertz CT molecular complexity index is 1030. The Morgan fingerprint density at radius 2 is 1.93 bits per heavy atom. The van der Waals surface area contributed by atoms with Gasteiger partial charge in [-0.3, -0.25) is 9.36 Å². The Morgan fingerprint density at radius 1 is 1.20 bits per heavy atom. The lowest BCUT2D eigenvalue weighted by Gasteiger charge is -2.17. The van der Waals surface area contributed by atoms with Gasteiger partial charge in [0.15, 0.2) is 11.0 Å². The maximum Gasteiger partial charge on any atom is 0.233 e. The molecule has 156 valence electrons. The molecule has 1 saturated carbocycles. The lowest BCUT2D eigenvalue weighted by atomic mass is 10.2. The quantitative estimate of drug-likeness (QED) is 0.506. The average Bonchev–Trinajstić information content (AvgIpc) is 3.52. The summed E-state index contributed by atoms with van der Waals surface area (Å²) in [5.74, 6) is 1.23. The molecule has 1 aromatic heterocycles. The Balaban J connectivity index is 1.43. The highest BCUT2D eigenvalue weighted by molar-refractivity contribution is 7.99. The minimum Gasteiger partial charge on any atom is -0.497 e. The number of methoxy groups -OCH3 is 1. The third kappa shape index (κ3) is 4.48. The van der Waals surface area contributed by atoms with Crippen LogP contribution >= 0.6 is 11.8 Å². The summed E-state index contributed by atoms with van der Waals surface area (Å²) in [6.45, 7) is 0.513. The SMILES string of the molecule is COc1ccc(CN(C)C(=O)CSc2nnc(-c3ccccc3F)n2C2CC2)cc1. The van der Waals surface area contributed by atoms with Crippen molar-refractivity contribution in [1.82, 2.24) is 19.7 Å². The molecule has 8 heteroatoms. The number of thioether (sulfide) groups is 1. The van der Waals surface area contributed by atoms with Crippen LogP contribution in [0.15, 0.2) is 53.7 Å². The van der Waals surface area contributed by atoms with Crippen molar-refractivity contribution in [3.8, 4) is 17.1 Å². The van der Waals surface area contributed by atoms with E-state index in [1.807, 2.05) is 28.8 Å². The van der Waals surface area contributed by atoms with E-state index in [4.69, 9.17) is 4.74 Å². The van der Waals surface area contributed by atoms with E-state index < -0.39 is 0 Å². The largest absolute Gasteiger partial charge is 0.497 e. The Morgan fingerprint density at radius 3 is 2.60 bits per heavy atom. The highest BCUT2D eigenvalue weighted by Crippen LogP contribution is 2.41. The number of amides is 1. The topological polar surface area (TPSA) is 60.2 Å². The summed E-state index contributed by atoms with van der Waals surface area (Å²) in [6.07, 6.45) is 2.02. The number of aromatic nitrogens is 3. The summed E-state index contributed by atoms with van der Waals surface area (Å²) in [5.41, 5.74) is 1.46. The van der Waals surface area contributed by atoms with Gasteiger partial charge < -0.3 is 9.64 Å². The first-order chi connectivity index (χ1) is 14.6. The van der Waals surface area contributed by atoms with Crippen LogP contribution in [-0.4, -0.2) is 45.5 Å². The van der Waals surface area contributed by atoms with Crippen LogP contribution in [0.3, 0.4) is 0 Å². The van der Waals surface area contributed by atoms with Crippen LogP contribution in [0, 0.1) is 5.82 Å². The molecule has 1 aliphatic carbocycles. The van der Waals surface area contributed by atoms with Gasteiger partial charge in [-0.15, -0.1) is 10.2 Å². The zero-order valence-electron chi connectivity index (χ0n) is 16.9. The molecule has 1 fully saturated rings. The van der Waals surface area contributed by atoms with Gasteiger partial charge in [0, 0.05) is 19.6 Å². The van der Waals surface area contributed by atoms with Gasteiger partial charge >= 0.3 is 0 Å². The molecule has 0 aliphatic heterocycles.